The summed E-state index contributed by atoms with van der Waals surface area (Å²) in [6.07, 6.45) is 0. The number of amides is 1. The van der Waals surface area contributed by atoms with Gasteiger partial charge >= 0.3 is 0 Å². The number of halogens is 1. The van der Waals surface area contributed by atoms with Crippen molar-refractivity contribution in [1.82, 2.24) is 15.2 Å². The first-order valence-electron chi connectivity index (χ1n) is 4.86. The zero-order chi connectivity index (χ0) is 11.4. The fourth-order valence-electron chi connectivity index (χ4n) is 1.22. The van der Waals surface area contributed by atoms with Gasteiger partial charge in [0.15, 0.2) is 0 Å². The Morgan fingerprint density at radius 2 is 2.25 bits per heavy atom. The SMILES string of the molecule is Cc1nc(CN[C@H](C)C(=O)N(C)C)cs1.Cl. The highest BCUT2D eigenvalue weighted by atomic mass is 35.5. The molecule has 0 spiro atoms. The maximum absolute atomic E-state index is 11.5. The van der Waals surface area contributed by atoms with E-state index in [1.54, 1.807) is 30.3 Å². The summed E-state index contributed by atoms with van der Waals surface area (Å²) in [5, 5.41) is 6.21. The number of thiazole rings is 1. The van der Waals surface area contributed by atoms with Gasteiger partial charge in [0.1, 0.15) is 0 Å². The van der Waals surface area contributed by atoms with E-state index in [0.29, 0.717) is 6.54 Å². The molecule has 1 aromatic heterocycles. The van der Waals surface area contributed by atoms with Gasteiger partial charge in [-0.1, -0.05) is 0 Å². The van der Waals surface area contributed by atoms with Crippen molar-refractivity contribution >= 4 is 29.7 Å². The number of likely N-dealkylation sites (N-methyl/N-ethyl adjacent to an activating group) is 1. The molecule has 1 heterocycles. The van der Waals surface area contributed by atoms with Crippen molar-refractivity contribution in [3.8, 4) is 0 Å². The summed E-state index contributed by atoms with van der Waals surface area (Å²) in [6, 6.07) is -0.165. The Hall–Kier alpha value is -0.650. The number of aryl methyl sites for hydroxylation is 1. The highest BCUT2D eigenvalue weighted by Crippen LogP contribution is 2.07. The maximum atomic E-state index is 11.5. The largest absolute Gasteiger partial charge is 0.347 e. The first kappa shape index (κ1) is 15.3. The van der Waals surface area contributed by atoms with Crippen LogP contribution in [-0.4, -0.2) is 35.9 Å². The molecule has 0 unspecified atom stereocenters. The summed E-state index contributed by atoms with van der Waals surface area (Å²) >= 11 is 1.62. The minimum Gasteiger partial charge on any atom is -0.347 e. The number of carbonyl (C=O) groups excluding carboxylic acids is 1. The fraction of sp³-hybridized carbons (Fsp3) is 0.600. The summed E-state index contributed by atoms with van der Waals surface area (Å²) in [6.45, 7) is 4.48. The summed E-state index contributed by atoms with van der Waals surface area (Å²) in [5.41, 5.74) is 0.996. The lowest BCUT2D eigenvalue weighted by molar-refractivity contribution is -0.130. The summed E-state index contributed by atoms with van der Waals surface area (Å²) < 4.78 is 0. The third-order valence-corrected chi connectivity index (χ3v) is 2.89. The minimum atomic E-state index is -0.165. The monoisotopic (exact) mass is 263 g/mol. The molecule has 1 amide bonds. The number of hydrogen-bond donors (Lipinski definition) is 1. The van der Waals surface area contributed by atoms with Crippen molar-refractivity contribution in [2.24, 2.45) is 0 Å². The Labute approximate surface area is 106 Å². The average molecular weight is 264 g/mol. The molecule has 6 heteroatoms. The maximum Gasteiger partial charge on any atom is 0.238 e. The lowest BCUT2D eigenvalue weighted by atomic mass is 10.3. The molecule has 92 valence electrons. The highest BCUT2D eigenvalue weighted by molar-refractivity contribution is 7.09. The van der Waals surface area contributed by atoms with E-state index in [0.717, 1.165) is 10.7 Å². The van der Waals surface area contributed by atoms with Crippen LogP contribution in [0, 0.1) is 6.92 Å². The van der Waals surface area contributed by atoms with Gasteiger partial charge in [-0.2, -0.15) is 0 Å². The van der Waals surface area contributed by atoms with Crippen molar-refractivity contribution in [2.75, 3.05) is 14.1 Å². The van der Waals surface area contributed by atoms with Gasteiger partial charge in [0, 0.05) is 26.0 Å². The zero-order valence-electron chi connectivity index (χ0n) is 9.98. The number of aromatic nitrogens is 1. The molecule has 0 aromatic carbocycles. The van der Waals surface area contributed by atoms with E-state index in [4.69, 9.17) is 0 Å². The van der Waals surface area contributed by atoms with Crippen LogP contribution in [0.25, 0.3) is 0 Å². The second-order valence-corrected chi connectivity index (χ2v) is 4.76. The zero-order valence-corrected chi connectivity index (χ0v) is 11.6. The van der Waals surface area contributed by atoms with E-state index in [1.165, 1.54) is 0 Å². The van der Waals surface area contributed by atoms with E-state index in [9.17, 15) is 4.79 Å². The quantitative estimate of drug-likeness (QED) is 0.894. The van der Waals surface area contributed by atoms with Gasteiger partial charge in [-0.05, 0) is 13.8 Å². The summed E-state index contributed by atoms with van der Waals surface area (Å²) in [5.74, 6) is 0.0851. The first-order valence-corrected chi connectivity index (χ1v) is 5.74. The number of nitrogens with one attached hydrogen (secondary N) is 1. The molecular formula is C10H18ClN3OS. The molecule has 0 aliphatic carbocycles. The van der Waals surface area contributed by atoms with Gasteiger partial charge in [0.25, 0.3) is 0 Å². The molecule has 0 saturated carbocycles. The van der Waals surface area contributed by atoms with E-state index >= 15 is 0 Å². The molecule has 1 atom stereocenters. The van der Waals surface area contributed by atoms with Gasteiger partial charge in [-0.15, -0.1) is 23.7 Å². The van der Waals surface area contributed by atoms with Crippen molar-refractivity contribution in [3.05, 3.63) is 16.1 Å². The molecule has 0 radical (unpaired) electrons. The van der Waals surface area contributed by atoms with Crippen molar-refractivity contribution in [2.45, 2.75) is 26.4 Å². The Balaban J connectivity index is 0.00000225. The molecule has 16 heavy (non-hydrogen) atoms. The molecule has 1 N–H and O–H groups in total. The molecule has 0 aliphatic rings. The molecule has 0 bridgehead atoms. The van der Waals surface area contributed by atoms with Crippen molar-refractivity contribution in [3.63, 3.8) is 0 Å². The molecule has 0 saturated heterocycles. The Bertz CT molecular complexity index is 341. The second-order valence-electron chi connectivity index (χ2n) is 3.69. The topological polar surface area (TPSA) is 45.2 Å². The van der Waals surface area contributed by atoms with Crippen LogP contribution >= 0.6 is 23.7 Å². The van der Waals surface area contributed by atoms with Gasteiger partial charge < -0.3 is 10.2 Å². The van der Waals surface area contributed by atoms with Crippen LogP contribution in [0.4, 0.5) is 0 Å². The summed E-state index contributed by atoms with van der Waals surface area (Å²) in [4.78, 5) is 17.4. The van der Waals surface area contributed by atoms with E-state index in [2.05, 4.69) is 10.3 Å². The number of hydrogen-bond acceptors (Lipinski definition) is 4. The first-order chi connectivity index (χ1) is 7.00. The second kappa shape index (κ2) is 6.83. The van der Waals surface area contributed by atoms with Gasteiger partial charge in [0.05, 0.1) is 16.7 Å². The lowest BCUT2D eigenvalue weighted by Crippen LogP contribution is -2.41. The Morgan fingerprint density at radius 1 is 1.62 bits per heavy atom. The third-order valence-electron chi connectivity index (χ3n) is 2.07. The third kappa shape index (κ3) is 4.47. The van der Waals surface area contributed by atoms with Crippen LogP contribution in [0.5, 0.6) is 0 Å². The molecule has 0 fully saturated rings. The molecule has 1 aromatic rings. The van der Waals surface area contributed by atoms with Crippen LogP contribution in [0.1, 0.15) is 17.6 Å². The Kier molecular flexibility index (Phi) is 6.55. The number of nitrogens with zero attached hydrogens (tertiary/aromatic N) is 2. The van der Waals surface area contributed by atoms with Crippen LogP contribution in [0.3, 0.4) is 0 Å². The average Bonchev–Trinajstić information content (AvgIpc) is 2.59. The standard InChI is InChI=1S/C10H17N3OS.ClH/c1-7(10(14)13(3)4)11-5-9-6-15-8(2)12-9;/h6-7,11H,5H2,1-4H3;1H/t7-;/m1./s1. The minimum absolute atomic E-state index is 0. The number of carbonyl (C=O) groups is 1. The van der Waals surface area contributed by atoms with E-state index in [-0.39, 0.29) is 24.4 Å². The molecular weight excluding hydrogens is 246 g/mol. The van der Waals surface area contributed by atoms with Crippen LogP contribution in [-0.2, 0) is 11.3 Å². The Morgan fingerprint density at radius 3 is 2.69 bits per heavy atom. The van der Waals surface area contributed by atoms with Crippen molar-refractivity contribution < 1.29 is 4.79 Å². The van der Waals surface area contributed by atoms with Crippen LogP contribution < -0.4 is 5.32 Å². The van der Waals surface area contributed by atoms with Crippen molar-refractivity contribution in [1.29, 1.82) is 0 Å². The highest BCUT2D eigenvalue weighted by Gasteiger charge is 2.13. The van der Waals surface area contributed by atoms with Crippen LogP contribution in [0.2, 0.25) is 0 Å². The predicted octanol–water partition coefficient (Wildman–Crippen LogP) is 1.44. The summed E-state index contributed by atoms with van der Waals surface area (Å²) in [7, 11) is 3.51. The van der Waals surface area contributed by atoms with Gasteiger partial charge in [-0.3, -0.25) is 4.79 Å². The lowest BCUT2D eigenvalue weighted by Gasteiger charge is -2.17. The smallest absolute Gasteiger partial charge is 0.238 e. The van der Waals surface area contributed by atoms with Gasteiger partial charge in [0.2, 0.25) is 5.91 Å². The number of rotatable bonds is 4. The fourth-order valence-corrected chi connectivity index (χ4v) is 1.83. The normalized spacial score (nSPS) is 11.8. The van der Waals surface area contributed by atoms with Gasteiger partial charge in [-0.25, -0.2) is 4.98 Å². The molecule has 1 rings (SSSR count). The van der Waals surface area contributed by atoms with E-state index < -0.39 is 0 Å². The van der Waals surface area contributed by atoms with Crippen LogP contribution in [0.15, 0.2) is 5.38 Å². The molecule has 0 aliphatic heterocycles. The molecule has 4 nitrogen and oxygen atoms in total. The predicted molar refractivity (Wildman–Crippen MR) is 69.1 cm³/mol. The van der Waals surface area contributed by atoms with E-state index in [1.807, 2.05) is 19.2 Å².